The third-order valence-electron chi connectivity index (χ3n) is 7.20. The van der Waals surface area contributed by atoms with E-state index in [-0.39, 0.29) is 24.7 Å². The van der Waals surface area contributed by atoms with Gasteiger partial charge in [-0.25, -0.2) is 0 Å². The number of ether oxygens (including phenoxy) is 1. The highest BCUT2D eigenvalue weighted by Gasteiger charge is 2.32. The number of carbonyl (C=O) groups excluding carboxylic acids is 1. The molecule has 11 heteroatoms. The molecule has 39 heavy (non-hydrogen) atoms. The Kier molecular flexibility index (Phi) is 19.2. The van der Waals surface area contributed by atoms with Gasteiger partial charge in [0, 0.05) is 12.5 Å². The zero-order chi connectivity index (χ0) is 30.1. The number of carbonyl (C=O) groups is 3. The molecule has 0 amide bonds. The maximum atomic E-state index is 12.5. The van der Waals surface area contributed by atoms with Crippen molar-refractivity contribution >= 4 is 17.9 Å². The van der Waals surface area contributed by atoms with Crippen LogP contribution in [0.4, 0.5) is 0 Å². The molecule has 0 radical (unpaired) electrons. The first kappa shape index (κ1) is 37.2. The Bertz CT molecular complexity index is 704. The molecule has 0 spiro atoms. The van der Waals surface area contributed by atoms with Crippen LogP contribution in [0.3, 0.4) is 0 Å². The lowest BCUT2D eigenvalue weighted by Crippen LogP contribution is -2.38. The van der Waals surface area contributed by atoms with Crippen LogP contribution < -0.4 is 5.73 Å². The van der Waals surface area contributed by atoms with E-state index in [4.69, 9.17) is 15.6 Å². The molecule has 0 saturated heterocycles. The number of aliphatic hydroxyl groups is 4. The number of hydrogen-bond acceptors (Lipinski definition) is 9. The molecule has 9 unspecified atom stereocenters. The van der Waals surface area contributed by atoms with Gasteiger partial charge in [0.05, 0.1) is 43.2 Å². The summed E-state index contributed by atoms with van der Waals surface area (Å²) in [6.45, 7) is 7.43. The van der Waals surface area contributed by atoms with Gasteiger partial charge in [0.2, 0.25) is 0 Å². The van der Waals surface area contributed by atoms with E-state index in [0.717, 1.165) is 12.8 Å². The van der Waals surface area contributed by atoms with Crippen LogP contribution in [0.1, 0.15) is 105 Å². The Hall–Kier alpha value is -1.79. The summed E-state index contributed by atoms with van der Waals surface area (Å²) < 4.78 is 5.52. The standard InChI is InChI=1S/C28H53NO10/c1-5-6-9-18(3)27(36)24(39-26(35)15-20(28(37)38)14-25(33)34)13-17(2)12-21(30)10-7-8-11-22(31)16-23(32)19(4)29/h17-24,27,30-32,36H,5-16,29H2,1-4H3,(H,33,34)(H,37,38). The first-order chi connectivity index (χ1) is 18.2. The van der Waals surface area contributed by atoms with Gasteiger partial charge in [0.25, 0.3) is 0 Å². The number of esters is 1. The predicted octanol–water partition coefficient (Wildman–Crippen LogP) is 2.45. The zero-order valence-corrected chi connectivity index (χ0v) is 24.1. The molecule has 0 aliphatic rings. The normalized spacial score (nSPS) is 18.7. The van der Waals surface area contributed by atoms with Crippen molar-refractivity contribution in [2.75, 3.05) is 0 Å². The average Bonchev–Trinajstić information content (AvgIpc) is 2.83. The summed E-state index contributed by atoms with van der Waals surface area (Å²) in [5.74, 6) is -5.36. The Labute approximate surface area is 232 Å². The van der Waals surface area contributed by atoms with Crippen LogP contribution in [-0.4, -0.2) is 85.1 Å². The topological polar surface area (TPSA) is 208 Å². The van der Waals surface area contributed by atoms with Gasteiger partial charge in [-0.2, -0.15) is 0 Å². The number of nitrogens with two attached hydrogens (primary N) is 1. The van der Waals surface area contributed by atoms with E-state index in [1.807, 2.05) is 20.8 Å². The van der Waals surface area contributed by atoms with Gasteiger partial charge in [0.1, 0.15) is 6.10 Å². The van der Waals surface area contributed by atoms with E-state index in [9.17, 15) is 39.9 Å². The van der Waals surface area contributed by atoms with Crippen molar-refractivity contribution in [3.63, 3.8) is 0 Å². The second-order valence-corrected chi connectivity index (χ2v) is 11.3. The molecule has 0 aromatic heterocycles. The van der Waals surface area contributed by atoms with Crippen LogP contribution >= 0.6 is 0 Å². The van der Waals surface area contributed by atoms with Crippen molar-refractivity contribution in [3.8, 4) is 0 Å². The van der Waals surface area contributed by atoms with E-state index in [1.54, 1.807) is 6.92 Å². The van der Waals surface area contributed by atoms with Crippen molar-refractivity contribution in [2.24, 2.45) is 23.5 Å². The van der Waals surface area contributed by atoms with Crippen molar-refractivity contribution in [2.45, 2.75) is 141 Å². The maximum absolute atomic E-state index is 12.5. The third-order valence-corrected chi connectivity index (χ3v) is 7.20. The van der Waals surface area contributed by atoms with Crippen LogP contribution in [-0.2, 0) is 19.1 Å². The average molecular weight is 564 g/mol. The van der Waals surface area contributed by atoms with E-state index in [2.05, 4.69) is 0 Å². The highest BCUT2D eigenvalue weighted by Crippen LogP contribution is 2.26. The van der Waals surface area contributed by atoms with Crippen LogP contribution in [0, 0.1) is 17.8 Å². The molecule has 8 N–H and O–H groups in total. The predicted molar refractivity (Wildman–Crippen MR) is 146 cm³/mol. The fourth-order valence-corrected chi connectivity index (χ4v) is 4.64. The zero-order valence-electron chi connectivity index (χ0n) is 24.1. The minimum atomic E-state index is -1.43. The summed E-state index contributed by atoms with van der Waals surface area (Å²) >= 11 is 0. The highest BCUT2D eigenvalue weighted by atomic mass is 16.6. The molecule has 0 aromatic rings. The molecule has 0 fully saturated rings. The lowest BCUT2D eigenvalue weighted by atomic mass is 9.87. The fourth-order valence-electron chi connectivity index (χ4n) is 4.64. The summed E-state index contributed by atoms with van der Waals surface area (Å²) in [6, 6.07) is -0.414. The number of aliphatic hydroxyl groups excluding tert-OH is 4. The minimum absolute atomic E-state index is 0.133. The first-order valence-corrected chi connectivity index (χ1v) is 14.3. The summed E-state index contributed by atoms with van der Waals surface area (Å²) in [7, 11) is 0. The third kappa shape index (κ3) is 17.5. The molecule has 0 aliphatic heterocycles. The van der Waals surface area contributed by atoms with Gasteiger partial charge < -0.3 is 41.1 Å². The maximum Gasteiger partial charge on any atom is 0.307 e. The van der Waals surface area contributed by atoms with Gasteiger partial charge in [-0.1, -0.05) is 46.5 Å². The molecule has 9 atom stereocenters. The van der Waals surface area contributed by atoms with Crippen LogP contribution in [0.25, 0.3) is 0 Å². The van der Waals surface area contributed by atoms with Crippen molar-refractivity contribution in [1.82, 2.24) is 0 Å². The van der Waals surface area contributed by atoms with Gasteiger partial charge in [0.15, 0.2) is 0 Å². The molecule has 0 bridgehead atoms. The second kappa shape index (κ2) is 20.1. The number of hydrogen-bond donors (Lipinski definition) is 7. The molecule has 230 valence electrons. The molecule has 0 heterocycles. The lowest BCUT2D eigenvalue weighted by Gasteiger charge is -2.30. The lowest BCUT2D eigenvalue weighted by molar-refractivity contribution is -0.163. The number of rotatable bonds is 23. The summed E-state index contributed by atoms with van der Waals surface area (Å²) in [5.41, 5.74) is 5.61. The molecule has 11 nitrogen and oxygen atoms in total. The minimum Gasteiger partial charge on any atom is -0.481 e. The molecular formula is C28H53NO10. The monoisotopic (exact) mass is 563 g/mol. The van der Waals surface area contributed by atoms with Crippen LogP contribution in [0.5, 0.6) is 0 Å². The number of carboxylic acids is 2. The van der Waals surface area contributed by atoms with Crippen LogP contribution in [0.15, 0.2) is 0 Å². The van der Waals surface area contributed by atoms with Crippen molar-refractivity contribution in [3.05, 3.63) is 0 Å². The molecule has 0 rings (SSSR count). The van der Waals surface area contributed by atoms with E-state index in [0.29, 0.717) is 38.5 Å². The summed E-state index contributed by atoms with van der Waals surface area (Å²) in [4.78, 5) is 34.9. The second-order valence-electron chi connectivity index (χ2n) is 11.3. The Morgan fingerprint density at radius 2 is 1.36 bits per heavy atom. The molecule has 0 aromatic carbocycles. The quantitative estimate of drug-likeness (QED) is 0.0709. The fraction of sp³-hybridized carbons (Fsp3) is 0.893. The number of aliphatic carboxylic acids is 2. The number of unbranched alkanes of at least 4 members (excludes halogenated alkanes) is 2. The summed E-state index contributed by atoms with van der Waals surface area (Å²) in [6.07, 6.45) is 0.438. The Morgan fingerprint density at radius 3 is 1.85 bits per heavy atom. The van der Waals surface area contributed by atoms with Crippen LogP contribution in [0.2, 0.25) is 0 Å². The molecule has 0 aliphatic carbocycles. The van der Waals surface area contributed by atoms with E-state index >= 15 is 0 Å². The largest absolute Gasteiger partial charge is 0.481 e. The van der Waals surface area contributed by atoms with E-state index in [1.165, 1.54) is 0 Å². The van der Waals surface area contributed by atoms with Crippen molar-refractivity contribution in [1.29, 1.82) is 0 Å². The Balaban J connectivity index is 4.97. The SMILES string of the molecule is CCCCC(C)C(O)C(CC(C)CC(O)CCCCC(O)CC(O)C(C)N)OC(=O)CC(CC(=O)O)C(=O)O. The highest BCUT2D eigenvalue weighted by molar-refractivity contribution is 5.82. The molecule has 0 saturated carbocycles. The van der Waals surface area contributed by atoms with Gasteiger partial charge in [-0.05, 0) is 50.9 Å². The van der Waals surface area contributed by atoms with Gasteiger partial charge in [-0.3, -0.25) is 14.4 Å². The molecular weight excluding hydrogens is 510 g/mol. The smallest absolute Gasteiger partial charge is 0.307 e. The first-order valence-electron chi connectivity index (χ1n) is 14.3. The van der Waals surface area contributed by atoms with Gasteiger partial charge >= 0.3 is 17.9 Å². The number of carboxylic acid groups (broad SMARTS) is 2. The summed E-state index contributed by atoms with van der Waals surface area (Å²) in [5, 5.41) is 59.4. The van der Waals surface area contributed by atoms with E-state index < -0.39 is 73.2 Å². The Morgan fingerprint density at radius 1 is 0.795 bits per heavy atom. The van der Waals surface area contributed by atoms with Gasteiger partial charge in [-0.15, -0.1) is 0 Å². The van der Waals surface area contributed by atoms with Crippen molar-refractivity contribution < 1.29 is 49.8 Å².